The molecule has 10 heterocycles. The third kappa shape index (κ3) is 11.0. The van der Waals surface area contributed by atoms with Gasteiger partial charge in [-0.05, 0) is 155 Å². The van der Waals surface area contributed by atoms with Gasteiger partial charge in [0.1, 0.15) is 41.2 Å². The van der Waals surface area contributed by atoms with Gasteiger partial charge in [-0.25, -0.2) is 13.8 Å². The number of carbonyl (C=O) groups is 4. The summed E-state index contributed by atoms with van der Waals surface area (Å²) in [5.41, 5.74) is 4.34. The molecule has 18 nitrogen and oxygen atoms in total. The Hall–Kier alpha value is -6.61. The van der Waals surface area contributed by atoms with Crippen molar-refractivity contribution in [1.29, 1.82) is 0 Å². The minimum atomic E-state index is -0.624. The molecule has 0 spiro atoms. The number of aromatic hydroxyl groups is 1. The summed E-state index contributed by atoms with van der Waals surface area (Å²) in [6.45, 7) is 10.2. The van der Waals surface area contributed by atoms with Crippen LogP contribution in [0.1, 0.15) is 111 Å². The molecule has 8 aliphatic rings. The van der Waals surface area contributed by atoms with E-state index in [4.69, 9.17) is 29.2 Å². The number of nitrogens with zero attached hydrogens (tertiary/aromatic N) is 8. The lowest BCUT2D eigenvalue weighted by Gasteiger charge is -2.37. The number of aryl methyl sites for hydroxylation is 2. The number of anilines is 2. The predicted molar refractivity (Wildman–Crippen MR) is 297 cm³/mol. The highest BCUT2D eigenvalue weighted by atomic mass is 19.1. The van der Waals surface area contributed by atoms with Gasteiger partial charge in [-0.1, -0.05) is 13.0 Å². The van der Waals surface area contributed by atoms with Gasteiger partial charge in [0.15, 0.2) is 5.82 Å². The normalized spacial score (nSPS) is 22.2. The molecular weight excluding hydrogens is 1030 g/mol. The number of phenolic OH excluding ortho intramolecular Hbond substituents is 1. The molecule has 0 aliphatic carbocycles. The number of fused-ring (bicyclic) bond motifs is 5. The number of carbonyl (C=O) groups excluding carboxylic acids is 4. The number of rotatable bonds is 10. The minimum absolute atomic E-state index is 0.0143. The van der Waals surface area contributed by atoms with Crippen LogP contribution in [0.15, 0.2) is 42.5 Å². The lowest BCUT2D eigenvalue weighted by Crippen LogP contribution is -2.52. The second-order valence-corrected chi connectivity index (χ2v) is 22.6. The molecule has 0 radical (unpaired) electrons. The van der Waals surface area contributed by atoms with Gasteiger partial charge in [0.25, 0.3) is 5.91 Å². The second-order valence-electron chi connectivity index (χ2n) is 22.6. The first-order valence-corrected chi connectivity index (χ1v) is 28.7. The van der Waals surface area contributed by atoms with Crippen molar-refractivity contribution in [3.8, 4) is 23.0 Å². The summed E-state index contributed by atoms with van der Waals surface area (Å²) in [6, 6.07) is 11.6. The maximum atomic E-state index is 17.0. The van der Waals surface area contributed by atoms with Crippen LogP contribution in [-0.2, 0) is 48.0 Å². The summed E-state index contributed by atoms with van der Waals surface area (Å²) in [5, 5.41) is 14.8. The molecule has 8 aliphatic heterocycles. The van der Waals surface area contributed by atoms with Crippen LogP contribution in [0.5, 0.6) is 11.8 Å². The van der Waals surface area contributed by atoms with E-state index in [0.29, 0.717) is 90.0 Å². The molecule has 6 fully saturated rings. The lowest BCUT2D eigenvalue weighted by atomic mass is 9.94. The number of ether oxygens (including phenoxy) is 4. The number of imide groups is 1. The van der Waals surface area contributed by atoms with E-state index < -0.39 is 11.9 Å². The molecule has 2 N–H and O–H groups in total. The minimum Gasteiger partial charge on any atom is -0.508 e. The molecule has 6 saturated heterocycles. The number of halogens is 2. The number of piperidine rings is 3. The van der Waals surface area contributed by atoms with Crippen molar-refractivity contribution in [2.24, 2.45) is 0 Å². The highest BCUT2D eigenvalue weighted by molar-refractivity contribution is 6.06. The van der Waals surface area contributed by atoms with Crippen LogP contribution in [0.3, 0.4) is 0 Å². The Kier molecular flexibility index (Phi) is 16.5. The van der Waals surface area contributed by atoms with Crippen LogP contribution in [0.25, 0.3) is 32.9 Å². The van der Waals surface area contributed by atoms with Crippen molar-refractivity contribution < 1.29 is 52.0 Å². The van der Waals surface area contributed by atoms with Crippen LogP contribution < -0.4 is 19.9 Å². The Bertz CT molecular complexity index is 3140. The van der Waals surface area contributed by atoms with Crippen molar-refractivity contribution in [2.45, 2.75) is 133 Å². The van der Waals surface area contributed by atoms with E-state index in [-0.39, 0.29) is 76.7 Å². The molecule has 0 bridgehead atoms. The number of aromatic nitrogens is 3. The van der Waals surface area contributed by atoms with E-state index in [1.807, 2.05) is 24.0 Å². The monoisotopic (exact) mass is 1100 g/mol. The zero-order valence-electron chi connectivity index (χ0n) is 46.2. The van der Waals surface area contributed by atoms with Gasteiger partial charge < -0.3 is 43.7 Å². The molecular formula is C60H73F2N9O9. The van der Waals surface area contributed by atoms with Crippen molar-refractivity contribution in [1.82, 2.24) is 35.0 Å². The summed E-state index contributed by atoms with van der Waals surface area (Å²) in [6.07, 6.45) is 12.8. The third-order valence-electron chi connectivity index (χ3n) is 17.6. The van der Waals surface area contributed by atoms with Crippen LogP contribution >= 0.6 is 0 Å². The number of nitrogens with one attached hydrogen (secondary N) is 1. The van der Waals surface area contributed by atoms with Gasteiger partial charge in [0, 0.05) is 83.3 Å². The zero-order chi connectivity index (χ0) is 55.7. The first kappa shape index (κ1) is 55.3. The molecule has 3 aromatic carbocycles. The van der Waals surface area contributed by atoms with E-state index in [1.165, 1.54) is 12.1 Å². The number of benzene rings is 3. The van der Waals surface area contributed by atoms with E-state index in [9.17, 15) is 24.3 Å². The predicted octanol–water partition coefficient (Wildman–Crippen LogP) is 7.26. The number of pyridine rings is 1. The SMILES string of the molecule is CCc1c(F)ccc2cc(O)cc(-c3nc4c5c(nc(OCC67CCCN6CCC7)nc5c3F)N3CCCOCC3CC4)c12.COC.O=CN1CCC(OC2CCN(c3ccc4c(c3)CN(C3CCC(=O)NC3=O)C4=O)CC2)CC1. The summed E-state index contributed by atoms with van der Waals surface area (Å²) < 4.78 is 55.0. The maximum Gasteiger partial charge on any atom is 0.319 e. The fraction of sp³-hybridized carbons (Fsp3) is 0.550. The van der Waals surface area contributed by atoms with Crippen LogP contribution in [0.2, 0.25) is 0 Å². The zero-order valence-corrected chi connectivity index (χ0v) is 46.2. The first-order valence-electron chi connectivity index (χ1n) is 28.7. The lowest BCUT2D eigenvalue weighted by molar-refractivity contribution is -0.137. The average molecular weight is 1100 g/mol. The smallest absolute Gasteiger partial charge is 0.319 e. The molecule has 20 heteroatoms. The molecule has 426 valence electrons. The Labute approximate surface area is 465 Å². The van der Waals surface area contributed by atoms with Gasteiger partial charge in [-0.3, -0.25) is 29.4 Å². The molecule has 80 heavy (non-hydrogen) atoms. The number of likely N-dealkylation sites (tertiary alicyclic amines) is 1. The fourth-order valence-electron chi connectivity index (χ4n) is 13.6. The molecule has 2 atom stereocenters. The largest absolute Gasteiger partial charge is 0.508 e. The standard InChI is InChI=1S/C34H37F2N5O3.C24H30N4O5.C2H6O/c1-2-23-25(35)8-6-20-16-22(42)17-24(27(20)23)30-29(36)31-28-26(37-30)9-7-21-18-43-15-5-14-41(21)32(28)39-33(38-31)44-19-34-10-3-12-40(34)13-4-11-34;29-15-26-9-5-18(6-10-26)33-19-7-11-27(12-8-19)17-1-2-20-16(13-17)14-28(24(20)32)21-3-4-22(30)25-23(21)31;1-3-2/h6,8,16-17,21,42H,2-5,7,9-15,18-19H2,1H3;1-2,13,15,18-19,21H,3-12,14H2,(H,25,30,31);1-2H3. The molecule has 2 unspecified atom stereocenters. The quantitative estimate of drug-likeness (QED) is 0.105. The summed E-state index contributed by atoms with van der Waals surface area (Å²) in [4.78, 5) is 72.5. The van der Waals surface area contributed by atoms with Crippen molar-refractivity contribution in [2.75, 3.05) is 89.7 Å². The number of amides is 4. The fourth-order valence-corrected chi connectivity index (χ4v) is 13.6. The Morgan fingerprint density at radius 1 is 0.825 bits per heavy atom. The van der Waals surface area contributed by atoms with E-state index in [0.717, 1.165) is 128 Å². The first-order chi connectivity index (χ1) is 38.9. The van der Waals surface area contributed by atoms with Crippen LogP contribution in [0, 0.1) is 11.6 Å². The van der Waals surface area contributed by atoms with Crippen molar-refractivity contribution >= 4 is 57.3 Å². The van der Waals surface area contributed by atoms with Crippen LogP contribution in [-0.4, -0.2) is 169 Å². The number of phenols is 1. The highest BCUT2D eigenvalue weighted by Crippen LogP contribution is 2.44. The number of hydrogen-bond donors (Lipinski definition) is 2. The topological polar surface area (TPSA) is 192 Å². The molecule has 13 rings (SSSR count). The maximum absolute atomic E-state index is 17.0. The van der Waals surface area contributed by atoms with Gasteiger partial charge in [0.05, 0.1) is 41.5 Å². The van der Waals surface area contributed by atoms with E-state index >= 15 is 8.78 Å². The van der Waals surface area contributed by atoms with E-state index in [1.54, 1.807) is 31.3 Å². The van der Waals surface area contributed by atoms with Crippen molar-refractivity contribution in [3.05, 3.63) is 76.5 Å². The number of hydrogen-bond acceptors (Lipinski definition) is 15. The van der Waals surface area contributed by atoms with Crippen molar-refractivity contribution in [3.63, 3.8) is 0 Å². The van der Waals surface area contributed by atoms with Crippen LogP contribution in [0.4, 0.5) is 20.3 Å². The third-order valence-corrected chi connectivity index (χ3v) is 17.6. The molecule has 2 aromatic heterocycles. The molecule has 5 aromatic rings. The summed E-state index contributed by atoms with van der Waals surface area (Å²) in [5.74, 6) is -1.19. The van der Waals surface area contributed by atoms with Gasteiger partial charge in [0.2, 0.25) is 18.2 Å². The highest BCUT2D eigenvalue weighted by Gasteiger charge is 2.45. The molecule has 0 saturated carbocycles. The van der Waals surface area contributed by atoms with Gasteiger partial charge >= 0.3 is 6.01 Å². The van der Waals surface area contributed by atoms with E-state index in [2.05, 4.69) is 30.8 Å². The summed E-state index contributed by atoms with van der Waals surface area (Å²) in [7, 11) is 3.25. The summed E-state index contributed by atoms with van der Waals surface area (Å²) >= 11 is 0. The van der Waals surface area contributed by atoms with Gasteiger partial charge in [-0.2, -0.15) is 9.97 Å². The van der Waals surface area contributed by atoms with Gasteiger partial charge in [-0.15, -0.1) is 0 Å². The molecule has 4 amide bonds. The Morgan fingerprint density at radius 2 is 1.57 bits per heavy atom. The Balaban J connectivity index is 0.000000167. The Morgan fingerprint density at radius 3 is 2.30 bits per heavy atom. The second kappa shape index (κ2) is 23.8. The number of methoxy groups -OCH3 is 1. The average Bonchev–Trinajstić information content (AvgIpc) is 4.12.